The number of benzene rings is 2. The highest BCUT2D eigenvalue weighted by Crippen LogP contribution is 2.43. The highest BCUT2D eigenvalue weighted by molar-refractivity contribution is 7.92. The van der Waals surface area contributed by atoms with Crippen molar-refractivity contribution in [2.45, 2.75) is 55.8 Å². The summed E-state index contributed by atoms with van der Waals surface area (Å²) in [6.45, 7) is 1.60. The molecule has 0 saturated heterocycles. The molecule has 1 unspecified atom stereocenters. The molecule has 0 amide bonds. The molecular weight excluding hydrogens is 495 g/mol. The Balaban J connectivity index is 2.13. The fourth-order valence-corrected chi connectivity index (χ4v) is 5.71. The van der Waals surface area contributed by atoms with Gasteiger partial charge in [0.2, 0.25) is 5.60 Å². The molecule has 0 fully saturated rings. The molecule has 0 radical (unpaired) electrons. The van der Waals surface area contributed by atoms with E-state index in [-0.39, 0.29) is 35.4 Å². The summed E-state index contributed by atoms with van der Waals surface area (Å²) in [6.07, 6.45) is -4.74. The maximum absolute atomic E-state index is 13.6. The van der Waals surface area contributed by atoms with Crippen LogP contribution in [0.2, 0.25) is 0 Å². The van der Waals surface area contributed by atoms with Crippen LogP contribution in [0.15, 0.2) is 52.5 Å². The second kappa shape index (κ2) is 10.1. The third-order valence-corrected chi connectivity index (χ3v) is 7.67. The average molecular weight is 521 g/mol. The lowest BCUT2D eigenvalue weighted by Crippen LogP contribution is -2.46. The highest BCUT2D eigenvalue weighted by atomic mass is 32.2. The zero-order valence-corrected chi connectivity index (χ0v) is 19.8. The van der Waals surface area contributed by atoms with E-state index in [1.54, 1.807) is 13.8 Å². The van der Waals surface area contributed by atoms with Gasteiger partial charge in [0.05, 0.1) is 22.3 Å². The Morgan fingerprint density at radius 2 is 1.86 bits per heavy atom. The highest BCUT2D eigenvalue weighted by Gasteiger charge is 2.55. The molecule has 1 heterocycles. The lowest BCUT2D eigenvalue weighted by molar-refractivity contribution is -0.271. The molecule has 2 aromatic rings. The van der Waals surface area contributed by atoms with Crippen LogP contribution in [0.4, 0.5) is 27.6 Å². The second-order valence-electron chi connectivity index (χ2n) is 8.23. The molecule has 1 aliphatic rings. The van der Waals surface area contributed by atoms with Gasteiger partial charge in [0, 0.05) is 6.42 Å². The Kier molecular flexibility index (Phi) is 7.75. The van der Waals surface area contributed by atoms with E-state index in [9.17, 15) is 35.5 Å². The van der Waals surface area contributed by atoms with Gasteiger partial charge in [-0.25, -0.2) is 17.2 Å². The van der Waals surface area contributed by atoms with Crippen LogP contribution in [0.5, 0.6) is 0 Å². The molecule has 0 bridgehead atoms. The van der Waals surface area contributed by atoms with E-state index in [0.29, 0.717) is 12.3 Å². The maximum atomic E-state index is 13.6. The lowest BCUT2D eigenvalue weighted by Gasteiger charge is -2.39. The van der Waals surface area contributed by atoms with E-state index in [1.165, 1.54) is 0 Å². The Labute approximate surface area is 200 Å². The van der Waals surface area contributed by atoms with E-state index < -0.39 is 45.9 Å². The van der Waals surface area contributed by atoms with Crippen molar-refractivity contribution in [2.75, 3.05) is 17.6 Å². The van der Waals surface area contributed by atoms with E-state index in [2.05, 4.69) is 5.16 Å². The molecule has 12 heteroatoms. The van der Waals surface area contributed by atoms with Crippen LogP contribution < -0.4 is 4.31 Å². The Morgan fingerprint density at radius 1 is 1.20 bits per heavy atom. The van der Waals surface area contributed by atoms with Crippen molar-refractivity contribution in [1.82, 2.24) is 0 Å². The van der Waals surface area contributed by atoms with Gasteiger partial charge in [-0.3, -0.25) is 4.31 Å². The summed E-state index contributed by atoms with van der Waals surface area (Å²) in [6, 6.07) is 6.46. The molecule has 35 heavy (non-hydrogen) atoms. The standard InChI is InChI=1S/C23H25F5N2O4S/c1-3-34-29-15(2)12-19-8-4-16-13-17(22(31,14-24)23(26,27)28)5-11-21(16)30(19)35(32,33)20-9-6-18(25)7-10-20/h5-7,9-11,13,19,31H,3-4,8,12,14H2,1-2H3/b29-15-/t19-,22?/m0/s1. The number of rotatable bonds is 8. The first-order valence-corrected chi connectivity index (χ1v) is 12.2. The van der Waals surface area contributed by atoms with Crippen LogP contribution in [0.1, 0.15) is 37.8 Å². The summed E-state index contributed by atoms with van der Waals surface area (Å²) in [4.78, 5) is 4.82. The molecule has 2 aromatic carbocycles. The van der Waals surface area contributed by atoms with Gasteiger partial charge >= 0.3 is 6.18 Å². The minimum Gasteiger partial charge on any atom is -0.396 e. The van der Waals surface area contributed by atoms with Crippen LogP contribution in [-0.2, 0) is 26.9 Å². The molecule has 0 spiro atoms. The Hall–Kier alpha value is -2.73. The zero-order chi connectivity index (χ0) is 26.0. The first-order valence-electron chi connectivity index (χ1n) is 10.8. The molecule has 0 aromatic heterocycles. The Morgan fingerprint density at radius 3 is 2.43 bits per heavy atom. The summed E-state index contributed by atoms with van der Waals surface area (Å²) in [7, 11) is -4.28. The van der Waals surface area contributed by atoms with Gasteiger partial charge in [0.15, 0.2) is 0 Å². The number of anilines is 1. The van der Waals surface area contributed by atoms with Gasteiger partial charge in [-0.05, 0) is 68.1 Å². The number of aryl methyl sites for hydroxylation is 1. The third-order valence-electron chi connectivity index (χ3n) is 5.79. The average Bonchev–Trinajstić information content (AvgIpc) is 2.81. The van der Waals surface area contributed by atoms with Crippen molar-refractivity contribution in [3.05, 3.63) is 59.4 Å². The first-order chi connectivity index (χ1) is 16.3. The molecule has 192 valence electrons. The minimum atomic E-state index is -5.28. The predicted octanol–water partition coefficient (Wildman–Crippen LogP) is 4.86. The van der Waals surface area contributed by atoms with Crippen molar-refractivity contribution in [3.8, 4) is 0 Å². The van der Waals surface area contributed by atoms with E-state index in [4.69, 9.17) is 4.84 Å². The molecule has 1 N–H and O–H groups in total. The molecule has 3 rings (SSSR count). The monoisotopic (exact) mass is 520 g/mol. The fraction of sp³-hybridized carbons (Fsp3) is 0.435. The number of oxime groups is 1. The van der Waals surface area contributed by atoms with Crippen LogP contribution in [0, 0.1) is 5.82 Å². The van der Waals surface area contributed by atoms with E-state index in [1.807, 2.05) is 0 Å². The van der Waals surface area contributed by atoms with Crippen LogP contribution in [0.25, 0.3) is 0 Å². The number of aliphatic hydroxyl groups is 1. The molecule has 6 nitrogen and oxygen atoms in total. The van der Waals surface area contributed by atoms with Crippen molar-refractivity contribution < 1.29 is 40.3 Å². The third kappa shape index (κ3) is 5.27. The normalized spacial score (nSPS) is 18.7. The van der Waals surface area contributed by atoms with E-state index in [0.717, 1.165) is 46.8 Å². The number of halogens is 5. The number of sulfonamides is 1. The largest absolute Gasteiger partial charge is 0.424 e. The smallest absolute Gasteiger partial charge is 0.396 e. The second-order valence-corrected chi connectivity index (χ2v) is 10.0. The van der Waals surface area contributed by atoms with Gasteiger partial charge in [-0.1, -0.05) is 17.3 Å². The summed E-state index contributed by atoms with van der Waals surface area (Å²) in [5.74, 6) is -0.637. The lowest BCUT2D eigenvalue weighted by atomic mass is 9.88. The van der Waals surface area contributed by atoms with E-state index >= 15 is 0 Å². The molecule has 2 atom stereocenters. The number of fused-ring (bicyclic) bond motifs is 1. The van der Waals surface area contributed by atoms with Gasteiger partial charge in [-0.2, -0.15) is 13.2 Å². The first kappa shape index (κ1) is 26.9. The summed E-state index contributed by atoms with van der Waals surface area (Å²) < 4.78 is 95.2. The van der Waals surface area contributed by atoms with Crippen LogP contribution in [0.3, 0.4) is 0 Å². The number of hydrogen-bond acceptors (Lipinski definition) is 5. The zero-order valence-electron chi connectivity index (χ0n) is 19.0. The van der Waals surface area contributed by atoms with Gasteiger partial charge < -0.3 is 9.94 Å². The quantitative estimate of drug-likeness (QED) is 0.307. The number of hydrogen-bond donors (Lipinski definition) is 1. The van der Waals surface area contributed by atoms with Gasteiger partial charge in [0.1, 0.15) is 19.1 Å². The molecular formula is C23H25F5N2O4S. The predicted molar refractivity (Wildman–Crippen MR) is 120 cm³/mol. The minimum absolute atomic E-state index is 0.0851. The molecule has 0 saturated carbocycles. The summed E-state index contributed by atoms with van der Waals surface area (Å²) in [5.41, 5.74) is -3.67. The van der Waals surface area contributed by atoms with Crippen molar-refractivity contribution in [1.29, 1.82) is 0 Å². The number of nitrogens with zero attached hydrogens (tertiary/aromatic N) is 2. The summed E-state index contributed by atoms with van der Waals surface area (Å²) >= 11 is 0. The van der Waals surface area contributed by atoms with Crippen molar-refractivity contribution in [3.63, 3.8) is 0 Å². The van der Waals surface area contributed by atoms with Gasteiger partial charge in [-0.15, -0.1) is 0 Å². The van der Waals surface area contributed by atoms with Crippen molar-refractivity contribution >= 4 is 21.4 Å². The maximum Gasteiger partial charge on any atom is 0.424 e. The topological polar surface area (TPSA) is 79.2 Å². The fourth-order valence-electron chi connectivity index (χ4n) is 3.99. The van der Waals surface area contributed by atoms with Gasteiger partial charge in [0.25, 0.3) is 10.0 Å². The molecule has 0 aliphatic carbocycles. The summed E-state index contributed by atoms with van der Waals surface area (Å²) in [5, 5.41) is 13.9. The molecule has 1 aliphatic heterocycles. The number of alkyl halides is 4. The van der Waals surface area contributed by atoms with Crippen LogP contribution >= 0.6 is 0 Å². The van der Waals surface area contributed by atoms with Crippen LogP contribution in [-0.4, -0.2) is 44.7 Å². The SMILES string of the molecule is CCO/N=C(/C)C[C@@H]1CCc2cc(C(O)(CF)C(F)(F)F)ccc2N1S(=O)(=O)c1ccc(F)cc1. The Bertz CT molecular complexity index is 1190. The van der Waals surface area contributed by atoms with Crippen molar-refractivity contribution in [2.24, 2.45) is 5.16 Å².